The van der Waals surface area contributed by atoms with Crippen LogP contribution in [0.25, 0.3) is 10.9 Å². The zero-order valence-corrected chi connectivity index (χ0v) is 8.67. The van der Waals surface area contributed by atoms with E-state index in [1.165, 1.54) is 0 Å². The van der Waals surface area contributed by atoms with Crippen molar-refractivity contribution in [1.82, 2.24) is 4.57 Å². The maximum absolute atomic E-state index is 9.37. The Labute approximate surface area is 93.0 Å². The van der Waals surface area contributed by atoms with E-state index in [1.54, 1.807) is 12.1 Å². The molecule has 0 saturated carbocycles. The van der Waals surface area contributed by atoms with Gasteiger partial charge in [-0.2, -0.15) is 5.26 Å². The molecule has 0 amide bonds. The molecule has 2 rings (SSSR count). The maximum atomic E-state index is 9.37. The van der Waals surface area contributed by atoms with Gasteiger partial charge in [0.15, 0.2) is 0 Å². The first-order valence-electron chi connectivity index (χ1n) is 5.02. The second-order valence-corrected chi connectivity index (χ2v) is 3.69. The second kappa shape index (κ2) is 4.35. The van der Waals surface area contributed by atoms with Crippen LogP contribution >= 0.6 is 0 Å². The van der Waals surface area contributed by atoms with Crippen molar-refractivity contribution in [2.45, 2.75) is 12.6 Å². The molecule has 1 unspecified atom stereocenters. The molecule has 0 bridgehead atoms. The highest BCUT2D eigenvalue weighted by atomic mass is 16.3. The lowest BCUT2D eigenvalue weighted by molar-refractivity contribution is 0.0822. The van der Waals surface area contributed by atoms with Gasteiger partial charge in [-0.3, -0.25) is 0 Å². The Morgan fingerprint density at radius 1 is 1.38 bits per heavy atom. The quantitative estimate of drug-likeness (QED) is 0.799. The van der Waals surface area contributed by atoms with Crippen LogP contribution in [0, 0.1) is 11.3 Å². The van der Waals surface area contributed by atoms with Crippen LogP contribution < -0.4 is 0 Å². The summed E-state index contributed by atoms with van der Waals surface area (Å²) in [5.41, 5.74) is 1.57. The van der Waals surface area contributed by atoms with Gasteiger partial charge in [-0.15, -0.1) is 0 Å². The summed E-state index contributed by atoms with van der Waals surface area (Å²) < 4.78 is 1.86. The van der Waals surface area contributed by atoms with Gasteiger partial charge in [0.2, 0.25) is 0 Å². The zero-order chi connectivity index (χ0) is 11.5. The van der Waals surface area contributed by atoms with Crippen molar-refractivity contribution in [2.75, 3.05) is 6.61 Å². The van der Waals surface area contributed by atoms with Gasteiger partial charge in [-0.1, -0.05) is 0 Å². The molecule has 0 saturated heterocycles. The monoisotopic (exact) mass is 216 g/mol. The van der Waals surface area contributed by atoms with E-state index in [0.29, 0.717) is 12.1 Å². The van der Waals surface area contributed by atoms with E-state index in [4.69, 9.17) is 10.4 Å². The first-order valence-corrected chi connectivity index (χ1v) is 5.02. The zero-order valence-electron chi connectivity index (χ0n) is 8.67. The Kier molecular flexibility index (Phi) is 2.91. The summed E-state index contributed by atoms with van der Waals surface area (Å²) in [6, 6.07) is 9.36. The van der Waals surface area contributed by atoms with Gasteiger partial charge in [0.25, 0.3) is 0 Å². The molecule has 16 heavy (non-hydrogen) atoms. The summed E-state index contributed by atoms with van der Waals surface area (Å²) in [5, 5.41) is 27.9. The molecule has 0 fully saturated rings. The fraction of sp³-hybridized carbons (Fsp3) is 0.250. The van der Waals surface area contributed by atoms with Gasteiger partial charge in [0, 0.05) is 17.1 Å². The van der Waals surface area contributed by atoms with E-state index in [-0.39, 0.29) is 6.61 Å². The lowest BCUT2D eigenvalue weighted by Gasteiger charge is -2.09. The summed E-state index contributed by atoms with van der Waals surface area (Å²) in [6.45, 7) is 0.0991. The van der Waals surface area contributed by atoms with Crippen molar-refractivity contribution in [3.8, 4) is 6.07 Å². The van der Waals surface area contributed by atoms with E-state index < -0.39 is 6.10 Å². The molecule has 2 N–H and O–H groups in total. The van der Waals surface area contributed by atoms with E-state index >= 15 is 0 Å². The van der Waals surface area contributed by atoms with E-state index in [2.05, 4.69) is 6.07 Å². The average molecular weight is 216 g/mol. The molecular formula is C12H12N2O2. The molecule has 4 nitrogen and oxygen atoms in total. The van der Waals surface area contributed by atoms with Gasteiger partial charge in [0.05, 0.1) is 30.9 Å². The number of hydrogen-bond acceptors (Lipinski definition) is 3. The van der Waals surface area contributed by atoms with Crippen molar-refractivity contribution in [1.29, 1.82) is 5.26 Å². The third-order valence-corrected chi connectivity index (χ3v) is 2.52. The lowest BCUT2D eigenvalue weighted by Crippen LogP contribution is -2.19. The van der Waals surface area contributed by atoms with Crippen molar-refractivity contribution in [3.63, 3.8) is 0 Å². The molecule has 1 aromatic carbocycles. The van der Waals surface area contributed by atoms with Crippen LogP contribution in [0.15, 0.2) is 30.5 Å². The Morgan fingerprint density at radius 3 is 2.88 bits per heavy atom. The predicted octanol–water partition coefficient (Wildman–Crippen LogP) is 0.866. The molecule has 1 atom stereocenters. The summed E-state index contributed by atoms with van der Waals surface area (Å²) >= 11 is 0. The van der Waals surface area contributed by atoms with Crippen molar-refractivity contribution in [2.24, 2.45) is 0 Å². The normalized spacial score (nSPS) is 12.6. The van der Waals surface area contributed by atoms with Crippen LogP contribution in [-0.2, 0) is 6.54 Å². The van der Waals surface area contributed by atoms with E-state index in [9.17, 15) is 5.11 Å². The molecule has 0 aliphatic carbocycles. The van der Waals surface area contributed by atoms with Crippen LogP contribution in [0.4, 0.5) is 0 Å². The Hall–Kier alpha value is -1.83. The van der Waals surface area contributed by atoms with Gasteiger partial charge in [-0.25, -0.2) is 0 Å². The van der Waals surface area contributed by atoms with Crippen LogP contribution in [-0.4, -0.2) is 27.5 Å². The fourth-order valence-electron chi connectivity index (χ4n) is 1.71. The SMILES string of the molecule is N#Cc1ccc2c(ccn2CC(O)CO)c1. The summed E-state index contributed by atoms with van der Waals surface area (Å²) in [6.07, 6.45) is 1.08. The number of aliphatic hydroxyl groups is 2. The average Bonchev–Trinajstić information content (AvgIpc) is 2.71. The first-order chi connectivity index (χ1) is 7.74. The minimum Gasteiger partial charge on any atom is -0.394 e. The fourth-order valence-corrected chi connectivity index (χ4v) is 1.71. The number of rotatable bonds is 3. The van der Waals surface area contributed by atoms with Gasteiger partial charge < -0.3 is 14.8 Å². The van der Waals surface area contributed by atoms with Crippen molar-refractivity contribution in [3.05, 3.63) is 36.0 Å². The van der Waals surface area contributed by atoms with Crippen molar-refractivity contribution < 1.29 is 10.2 Å². The van der Waals surface area contributed by atoms with Crippen molar-refractivity contribution >= 4 is 10.9 Å². The second-order valence-electron chi connectivity index (χ2n) is 3.69. The molecule has 82 valence electrons. The third-order valence-electron chi connectivity index (χ3n) is 2.52. The van der Waals surface area contributed by atoms with Crippen LogP contribution in [0.2, 0.25) is 0 Å². The van der Waals surface area contributed by atoms with Gasteiger partial charge in [-0.05, 0) is 24.3 Å². The molecule has 1 aromatic heterocycles. The summed E-state index contributed by atoms with van der Waals surface area (Å²) in [7, 11) is 0. The smallest absolute Gasteiger partial charge is 0.0991 e. The summed E-state index contributed by atoms with van der Waals surface area (Å²) in [5.74, 6) is 0. The number of benzene rings is 1. The molecule has 1 heterocycles. The van der Waals surface area contributed by atoms with Crippen LogP contribution in [0.3, 0.4) is 0 Å². The number of nitriles is 1. The number of nitrogens with zero attached hydrogens (tertiary/aromatic N) is 2. The van der Waals surface area contributed by atoms with Crippen LogP contribution in [0.5, 0.6) is 0 Å². The predicted molar refractivity (Wildman–Crippen MR) is 59.7 cm³/mol. The standard InChI is InChI=1S/C12H12N2O2/c13-6-9-1-2-12-10(5-9)3-4-14(12)7-11(16)8-15/h1-5,11,15-16H,7-8H2. The Bertz CT molecular complexity index is 539. The number of hydrogen-bond donors (Lipinski definition) is 2. The van der Waals surface area contributed by atoms with Crippen LogP contribution in [0.1, 0.15) is 5.56 Å². The number of aromatic nitrogens is 1. The Balaban J connectivity index is 2.39. The highest BCUT2D eigenvalue weighted by molar-refractivity contribution is 5.81. The minimum atomic E-state index is -0.758. The third kappa shape index (κ3) is 1.91. The highest BCUT2D eigenvalue weighted by Crippen LogP contribution is 2.17. The first kappa shape index (κ1) is 10.7. The Morgan fingerprint density at radius 2 is 2.19 bits per heavy atom. The number of aliphatic hydroxyl groups excluding tert-OH is 2. The molecule has 0 aliphatic rings. The lowest BCUT2D eigenvalue weighted by atomic mass is 10.2. The molecule has 4 heteroatoms. The molecule has 0 aliphatic heterocycles. The molecule has 2 aromatic rings. The maximum Gasteiger partial charge on any atom is 0.0991 e. The van der Waals surface area contributed by atoms with E-state index in [0.717, 1.165) is 10.9 Å². The van der Waals surface area contributed by atoms with Gasteiger partial charge in [0.1, 0.15) is 0 Å². The largest absolute Gasteiger partial charge is 0.394 e. The minimum absolute atomic E-state index is 0.254. The topological polar surface area (TPSA) is 69.2 Å². The number of fused-ring (bicyclic) bond motifs is 1. The highest BCUT2D eigenvalue weighted by Gasteiger charge is 2.06. The summed E-state index contributed by atoms with van der Waals surface area (Å²) in [4.78, 5) is 0. The van der Waals surface area contributed by atoms with E-state index in [1.807, 2.05) is 22.9 Å². The molecular weight excluding hydrogens is 204 g/mol. The molecule has 0 spiro atoms. The molecule has 0 radical (unpaired) electrons. The van der Waals surface area contributed by atoms with Gasteiger partial charge >= 0.3 is 0 Å².